The van der Waals surface area contributed by atoms with Crippen molar-refractivity contribution in [3.63, 3.8) is 0 Å². The van der Waals surface area contributed by atoms with Crippen LogP contribution in [0.5, 0.6) is 0 Å². The van der Waals surface area contributed by atoms with Gasteiger partial charge in [-0.15, -0.1) is 0 Å². The summed E-state index contributed by atoms with van der Waals surface area (Å²) in [7, 11) is 1.67. The van der Waals surface area contributed by atoms with E-state index < -0.39 is 0 Å². The average molecular weight is 256 g/mol. The maximum absolute atomic E-state index is 12.1. The highest BCUT2D eigenvalue weighted by atomic mass is 16.5. The number of hydrogen-bond donors (Lipinski definition) is 1. The van der Waals surface area contributed by atoms with Crippen molar-refractivity contribution < 1.29 is 14.3 Å². The lowest BCUT2D eigenvalue weighted by Crippen LogP contribution is -2.59. The molecule has 0 aromatic rings. The van der Waals surface area contributed by atoms with Crippen LogP contribution in [0.15, 0.2) is 0 Å². The highest BCUT2D eigenvalue weighted by molar-refractivity contribution is 5.94. The fourth-order valence-electron chi connectivity index (χ4n) is 2.16. The van der Waals surface area contributed by atoms with Gasteiger partial charge >= 0.3 is 0 Å². The number of carbonyl (C=O) groups is 2. The Balaban J connectivity index is 2.64. The van der Waals surface area contributed by atoms with Gasteiger partial charge in [0.2, 0.25) is 11.8 Å². The van der Waals surface area contributed by atoms with E-state index in [9.17, 15) is 9.59 Å². The predicted molar refractivity (Wildman–Crippen MR) is 69.1 cm³/mol. The molecule has 0 spiro atoms. The summed E-state index contributed by atoms with van der Waals surface area (Å²) in [6.07, 6.45) is 1.51. The Hall–Kier alpha value is -1.10. The van der Waals surface area contributed by atoms with Crippen LogP contribution < -0.4 is 5.32 Å². The van der Waals surface area contributed by atoms with Gasteiger partial charge in [-0.1, -0.05) is 20.8 Å². The molecule has 104 valence electrons. The number of piperazine rings is 1. The van der Waals surface area contributed by atoms with E-state index in [-0.39, 0.29) is 29.8 Å². The molecule has 0 saturated carbocycles. The van der Waals surface area contributed by atoms with Gasteiger partial charge in [-0.3, -0.25) is 9.59 Å². The van der Waals surface area contributed by atoms with E-state index >= 15 is 0 Å². The van der Waals surface area contributed by atoms with Gasteiger partial charge in [-0.25, -0.2) is 0 Å². The van der Waals surface area contributed by atoms with Crippen LogP contribution in [0.4, 0.5) is 0 Å². The fraction of sp³-hybridized carbons (Fsp3) is 0.846. The molecule has 1 saturated heterocycles. The topological polar surface area (TPSA) is 58.6 Å². The average Bonchev–Trinajstić information content (AvgIpc) is 2.30. The molecule has 1 unspecified atom stereocenters. The molecule has 1 N–H and O–H groups in total. The molecular formula is C13H24N2O3. The lowest BCUT2D eigenvalue weighted by Gasteiger charge is -2.37. The monoisotopic (exact) mass is 256 g/mol. The summed E-state index contributed by atoms with van der Waals surface area (Å²) in [5.74, 6) is -0.0356. The first kappa shape index (κ1) is 15.0. The molecule has 1 rings (SSSR count). The van der Waals surface area contributed by atoms with Gasteiger partial charge in [0.1, 0.15) is 6.04 Å². The van der Waals surface area contributed by atoms with Crippen LogP contribution in [0.2, 0.25) is 0 Å². The van der Waals surface area contributed by atoms with Crippen LogP contribution in [0.1, 0.15) is 33.6 Å². The standard InChI is InChI=1S/C13H24N2O3/c1-5-10-12(17)15(8-11(16)14-10)9-13(2,3)6-7-18-4/h10H,5-9H2,1-4H3,(H,14,16). The Morgan fingerprint density at radius 3 is 2.67 bits per heavy atom. The quantitative estimate of drug-likeness (QED) is 0.764. The van der Waals surface area contributed by atoms with Crippen molar-refractivity contribution >= 4 is 11.8 Å². The van der Waals surface area contributed by atoms with E-state index in [1.165, 1.54) is 0 Å². The van der Waals surface area contributed by atoms with E-state index in [1.807, 2.05) is 6.92 Å². The maximum atomic E-state index is 12.1. The Kier molecular flexibility index (Phi) is 5.14. The van der Waals surface area contributed by atoms with E-state index in [0.717, 1.165) is 6.42 Å². The molecule has 0 aromatic carbocycles. The molecule has 1 aliphatic rings. The SMILES string of the molecule is CCC1NC(=O)CN(CC(C)(C)CCOC)C1=O. The highest BCUT2D eigenvalue weighted by Gasteiger charge is 2.34. The molecule has 0 aliphatic carbocycles. The van der Waals surface area contributed by atoms with E-state index in [1.54, 1.807) is 12.0 Å². The maximum Gasteiger partial charge on any atom is 0.245 e. The molecule has 1 aliphatic heterocycles. The van der Waals surface area contributed by atoms with Crippen LogP contribution in [-0.4, -0.2) is 49.6 Å². The summed E-state index contributed by atoms with van der Waals surface area (Å²) in [4.78, 5) is 25.4. The molecule has 5 nitrogen and oxygen atoms in total. The van der Waals surface area contributed by atoms with Gasteiger partial charge in [0.25, 0.3) is 0 Å². The molecule has 1 atom stereocenters. The van der Waals surface area contributed by atoms with Crippen molar-refractivity contribution in [3.8, 4) is 0 Å². The van der Waals surface area contributed by atoms with Crippen molar-refractivity contribution in [2.24, 2.45) is 5.41 Å². The molecule has 1 heterocycles. The second kappa shape index (κ2) is 6.18. The zero-order valence-electron chi connectivity index (χ0n) is 11.8. The number of nitrogens with one attached hydrogen (secondary N) is 1. The molecule has 0 aromatic heterocycles. The summed E-state index contributed by atoms with van der Waals surface area (Å²) in [5, 5.41) is 2.72. The molecule has 1 fully saturated rings. The van der Waals surface area contributed by atoms with Crippen molar-refractivity contribution in [1.29, 1.82) is 0 Å². The Labute approximate surface area is 109 Å². The van der Waals surface area contributed by atoms with Crippen LogP contribution >= 0.6 is 0 Å². The third kappa shape index (κ3) is 3.98. The Morgan fingerprint density at radius 2 is 2.11 bits per heavy atom. The van der Waals surface area contributed by atoms with Gasteiger partial charge in [-0.2, -0.15) is 0 Å². The molecule has 5 heteroatoms. The van der Waals surface area contributed by atoms with E-state index in [4.69, 9.17) is 4.74 Å². The predicted octanol–water partition coefficient (Wildman–Crippen LogP) is 0.786. The zero-order valence-corrected chi connectivity index (χ0v) is 11.8. The first-order valence-electron chi connectivity index (χ1n) is 6.46. The van der Waals surface area contributed by atoms with Crippen molar-refractivity contribution in [2.75, 3.05) is 26.8 Å². The largest absolute Gasteiger partial charge is 0.385 e. The van der Waals surface area contributed by atoms with E-state index in [2.05, 4.69) is 19.2 Å². The number of amides is 2. The van der Waals surface area contributed by atoms with Gasteiger partial charge < -0.3 is 15.0 Å². The third-order valence-electron chi connectivity index (χ3n) is 3.29. The van der Waals surface area contributed by atoms with Gasteiger partial charge in [0.05, 0.1) is 6.54 Å². The van der Waals surface area contributed by atoms with Crippen molar-refractivity contribution in [1.82, 2.24) is 10.2 Å². The molecule has 0 radical (unpaired) electrons. The van der Waals surface area contributed by atoms with Crippen molar-refractivity contribution in [2.45, 2.75) is 39.7 Å². The number of hydrogen-bond acceptors (Lipinski definition) is 3. The number of ether oxygens (including phenoxy) is 1. The van der Waals surface area contributed by atoms with E-state index in [0.29, 0.717) is 19.6 Å². The molecule has 0 bridgehead atoms. The third-order valence-corrected chi connectivity index (χ3v) is 3.29. The van der Waals surface area contributed by atoms with Gasteiger partial charge in [0, 0.05) is 20.3 Å². The molecule has 18 heavy (non-hydrogen) atoms. The number of nitrogens with zero attached hydrogens (tertiary/aromatic N) is 1. The second-order valence-electron chi connectivity index (χ2n) is 5.63. The molecule has 2 amide bonds. The van der Waals surface area contributed by atoms with Crippen LogP contribution in [0.25, 0.3) is 0 Å². The van der Waals surface area contributed by atoms with Gasteiger partial charge in [0.15, 0.2) is 0 Å². The van der Waals surface area contributed by atoms with Crippen LogP contribution in [0, 0.1) is 5.41 Å². The summed E-state index contributed by atoms with van der Waals surface area (Å²) in [6, 6.07) is -0.357. The normalized spacial score (nSPS) is 21.1. The summed E-state index contributed by atoms with van der Waals surface area (Å²) >= 11 is 0. The summed E-state index contributed by atoms with van der Waals surface area (Å²) < 4.78 is 5.07. The number of rotatable bonds is 6. The highest BCUT2D eigenvalue weighted by Crippen LogP contribution is 2.23. The Morgan fingerprint density at radius 1 is 1.44 bits per heavy atom. The Bertz CT molecular complexity index is 315. The zero-order chi connectivity index (χ0) is 13.8. The fourth-order valence-corrected chi connectivity index (χ4v) is 2.16. The smallest absolute Gasteiger partial charge is 0.245 e. The van der Waals surface area contributed by atoms with Crippen molar-refractivity contribution in [3.05, 3.63) is 0 Å². The molecular weight excluding hydrogens is 232 g/mol. The number of methoxy groups -OCH3 is 1. The summed E-state index contributed by atoms with van der Waals surface area (Å²) in [5.41, 5.74) is -0.0401. The lowest BCUT2D eigenvalue weighted by molar-refractivity contribution is -0.145. The van der Waals surface area contributed by atoms with Crippen LogP contribution in [0.3, 0.4) is 0 Å². The van der Waals surface area contributed by atoms with Crippen LogP contribution in [-0.2, 0) is 14.3 Å². The first-order chi connectivity index (χ1) is 8.39. The first-order valence-corrected chi connectivity index (χ1v) is 6.46. The minimum Gasteiger partial charge on any atom is -0.385 e. The summed E-state index contributed by atoms with van der Waals surface area (Å²) in [6.45, 7) is 7.52. The second-order valence-corrected chi connectivity index (χ2v) is 5.63. The van der Waals surface area contributed by atoms with Gasteiger partial charge in [-0.05, 0) is 18.3 Å². The minimum atomic E-state index is -0.357. The minimum absolute atomic E-state index is 0.0302. The number of carbonyl (C=O) groups excluding carboxylic acids is 2. The lowest BCUT2D eigenvalue weighted by atomic mass is 9.88.